The minimum Gasteiger partial charge on any atom is -0.253 e. The Morgan fingerprint density at radius 3 is 2.61 bits per heavy atom. The number of aliphatic imine (C=N–C) groups is 1. The van der Waals surface area contributed by atoms with Gasteiger partial charge in [-0.3, -0.25) is 4.99 Å². The average Bonchev–Trinajstić information content (AvgIpc) is 2.61. The number of hydrogen-bond donors (Lipinski definition) is 0. The number of benzene rings is 2. The van der Waals surface area contributed by atoms with Crippen molar-refractivity contribution in [1.29, 1.82) is 0 Å². The van der Waals surface area contributed by atoms with E-state index in [4.69, 9.17) is 4.99 Å². The maximum absolute atomic E-state index is 4.87. The standard InChI is InChI=1S/C17H17N/c1-13-10-11-17-15(12-13)8-5-9-16(18-17)14-6-3-2-4-7-14/h2-4,6-7,10-12H,5,8-9H2,1H3. The summed E-state index contributed by atoms with van der Waals surface area (Å²) in [5.74, 6) is 0. The van der Waals surface area contributed by atoms with Gasteiger partial charge >= 0.3 is 0 Å². The van der Waals surface area contributed by atoms with Crippen molar-refractivity contribution in [3.8, 4) is 0 Å². The van der Waals surface area contributed by atoms with E-state index in [0.29, 0.717) is 0 Å². The first-order chi connectivity index (χ1) is 8.83. The van der Waals surface area contributed by atoms with Gasteiger partial charge in [-0.1, -0.05) is 48.0 Å². The lowest BCUT2D eigenvalue weighted by Crippen LogP contribution is -1.98. The molecule has 0 aromatic heterocycles. The third-order valence-electron chi connectivity index (χ3n) is 3.46. The second-order valence-electron chi connectivity index (χ2n) is 4.91. The highest BCUT2D eigenvalue weighted by atomic mass is 14.8. The van der Waals surface area contributed by atoms with Crippen molar-refractivity contribution in [3.05, 3.63) is 65.2 Å². The van der Waals surface area contributed by atoms with E-state index in [9.17, 15) is 0 Å². The molecule has 1 aliphatic heterocycles. The van der Waals surface area contributed by atoms with Crippen LogP contribution in [0.2, 0.25) is 0 Å². The molecule has 0 radical (unpaired) electrons. The van der Waals surface area contributed by atoms with Gasteiger partial charge in [0.15, 0.2) is 0 Å². The highest BCUT2D eigenvalue weighted by molar-refractivity contribution is 6.02. The van der Waals surface area contributed by atoms with E-state index < -0.39 is 0 Å². The summed E-state index contributed by atoms with van der Waals surface area (Å²) < 4.78 is 0. The van der Waals surface area contributed by atoms with E-state index in [1.54, 1.807) is 0 Å². The van der Waals surface area contributed by atoms with Gasteiger partial charge in [0.2, 0.25) is 0 Å². The lowest BCUT2D eigenvalue weighted by molar-refractivity contribution is 0.877. The summed E-state index contributed by atoms with van der Waals surface area (Å²) in [6.07, 6.45) is 3.39. The normalized spacial score (nSPS) is 14.6. The molecule has 0 saturated carbocycles. The van der Waals surface area contributed by atoms with Gasteiger partial charge in [-0.2, -0.15) is 0 Å². The minimum absolute atomic E-state index is 1.07. The molecule has 90 valence electrons. The SMILES string of the molecule is Cc1ccc2c(c1)CCCC(c1ccccc1)=N2. The second-order valence-corrected chi connectivity index (χ2v) is 4.91. The molecule has 1 heterocycles. The fraction of sp³-hybridized carbons (Fsp3) is 0.235. The van der Waals surface area contributed by atoms with Gasteiger partial charge in [0, 0.05) is 5.71 Å². The molecule has 1 nitrogen and oxygen atoms in total. The van der Waals surface area contributed by atoms with Gasteiger partial charge in [0.25, 0.3) is 0 Å². The molecule has 0 N–H and O–H groups in total. The summed E-state index contributed by atoms with van der Waals surface area (Å²) in [6.45, 7) is 2.15. The number of rotatable bonds is 1. The molecule has 0 spiro atoms. The van der Waals surface area contributed by atoms with E-state index >= 15 is 0 Å². The predicted molar refractivity (Wildman–Crippen MR) is 76.8 cm³/mol. The van der Waals surface area contributed by atoms with Gasteiger partial charge in [0.1, 0.15) is 0 Å². The Morgan fingerprint density at radius 1 is 0.944 bits per heavy atom. The zero-order chi connectivity index (χ0) is 12.4. The molecule has 1 heteroatoms. The van der Waals surface area contributed by atoms with Crippen LogP contribution in [0.4, 0.5) is 5.69 Å². The van der Waals surface area contributed by atoms with E-state index in [0.717, 1.165) is 18.5 Å². The van der Waals surface area contributed by atoms with Crippen LogP contribution in [-0.2, 0) is 6.42 Å². The van der Waals surface area contributed by atoms with Crippen LogP contribution in [0, 0.1) is 6.92 Å². The maximum atomic E-state index is 4.87. The van der Waals surface area contributed by atoms with Crippen molar-refractivity contribution in [2.45, 2.75) is 26.2 Å². The molecule has 18 heavy (non-hydrogen) atoms. The molecule has 0 bridgehead atoms. The van der Waals surface area contributed by atoms with Crippen LogP contribution < -0.4 is 0 Å². The van der Waals surface area contributed by atoms with Crippen molar-refractivity contribution < 1.29 is 0 Å². The van der Waals surface area contributed by atoms with Crippen LogP contribution in [0.1, 0.15) is 29.5 Å². The number of fused-ring (bicyclic) bond motifs is 1. The van der Waals surface area contributed by atoms with Crippen LogP contribution in [0.25, 0.3) is 0 Å². The van der Waals surface area contributed by atoms with E-state index in [1.165, 1.54) is 28.8 Å². The van der Waals surface area contributed by atoms with E-state index in [1.807, 2.05) is 0 Å². The summed E-state index contributed by atoms with van der Waals surface area (Å²) in [4.78, 5) is 4.87. The summed E-state index contributed by atoms with van der Waals surface area (Å²) in [5.41, 5.74) is 6.34. The molecule has 1 aliphatic rings. The van der Waals surface area contributed by atoms with Crippen LogP contribution in [-0.4, -0.2) is 5.71 Å². The fourth-order valence-corrected chi connectivity index (χ4v) is 2.51. The highest BCUT2D eigenvalue weighted by Crippen LogP contribution is 2.27. The smallest absolute Gasteiger partial charge is 0.0665 e. The Balaban J connectivity index is 2.05. The molecular formula is C17H17N. The minimum atomic E-state index is 1.07. The fourth-order valence-electron chi connectivity index (χ4n) is 2.51. The molecule has 0 fully saturated rings. The zero-order valence-corrected chi connectivity index (χ0v) is 10.7. The largest absolute Gasteiger partial charge is 0.253 e. The Kier molecular flexibility index (Phi) is 2.97. The molecule has 0 unspecified atom stereocenters. The predicted octanol–water partition coefficient (Wildman–Crippen LogP) is 4.45. The first-order valence-electron chi connectivity index (χ1n) is 6.55. The van der Waals surface area contributed by atoms with Crippen LogP contribution in [0.5, 0.6) is 0 Å². The number of aryl methyl sites for hydroxylation is 2. The maximum Gasteiger partial charge on any atom is 0.0665 e. The molecule has 0 saturated heterocycles. The summed E-state index contributed by atoms with van der Waals surface area (Å²) in [5, 5.41) is 0. The average molecular weight is 235 g/mol. The van der Waals surface area contributed by atoms with Gasteiger partial charge in [-0.15, -0.1) is 0 Å². The molecule has 0 aliphatic carbocycles. The van der Waals surface area contributed by atoms with Crippen LogP contribution in [0.3, 0.4) is 0 Å². The van der Waals surface area contributed by atoms with Gasteiger partial charge in [-0.05, 0) is 43.4 Å². The monoisotopic (exact) mass is 235 g/mol. The van der Waals surface area contributed by atoms with Gasteiger partial charge in [-0.25, -0.2) is 0 Å². The Bertz CT molecular complexity index is 582. The summed E-state index contributed by atoms with van der Waals surface area (Å²) in [7, 11) is 0. The number of nitrogens with zero attached hydrogens (tertiary/aromatic N) is 1. The van der Waals surface area contributed by atoms with Crippen LogP contribution in [0.15, 0.2) is 53.5 Å². The van der Waals surface area contributed by atoms with Crippen molar-refractivity contribution in [2.24, 2.45) is 4.99 Å². The first-order valence-corrected chi connectivity index (χ1v) is 6.55. The Labute approximate surface area is 108 Å². The van der Waals surface area contributed by atoms with Gasteiger partial charge in [0.05, 0.1) is 5.69 Å². The lowest BCUT2D eigenvalue weighted by atomic mass is 10.0. The van der Waals surface area contributed by atoms with Crippen molar-refractivity contribution >= 4 is 11.4 Å². The molecule has 0 amide bonds. The Hall–Kier alpha value is -1.89. The third kappa shape index (κ3) is 2.21. The van der Waals surface area contributed by atoms with Crippen molar-refractivity contribution in [3.63, 3.8) is 0 Å². The molecule has 0 atom stereocenters. The third-order valence-corrected chi connectivity index (χ3v) is 3.46. The lowest BCUT2D eigenvalue weighted by Gasteiger charge is -2.04. The first kappa shape index (κ1) is 11.2. The molecule has 3 rings (SSSR count). The van der Waals surface area contributed by atoms with Gasteiger partial charge < -0.3 is 0 Å². The summed E-state index contributed by atoms with van der Waals surface area (Å²) >= 11 is 0. The Morgan fingerprint density at radius 2 is 1.78 bits per heavy atom. The molecule has 2 aromatic rings. The second kappa shape index (κ2) is 4.77. The quantitative estimate of drug-likeness (QED) is 0.692. The van der Waals surface area contributed by atoms with Crippen LogP contribution >= 0.6 is 0 Å². The van der Waals surface area contributed by atoms with E-state index in [2.05, 4.69) is 55.5 Å². The number of hydrogen-bond acceptors (Lipinski definition) is 1. The summed E-state index contributed by atoms with van der Waals surface area (Å²) in [6, 6.07) is 17.1. The van der Waals surface area contributed by atoms with Crippen molar-refractivity contribution in [1.82, 2.24) is 0 Å². The molecule has 2 aromatic carbocycles. The van der Waals surface area contributed by atoms with E-state index in [-0.39, 0.29) is 0 Å². The van der Waals surface area contributed by atoms with Crippen molar-refractivity contribution in [2.75, 3.05) is 0 Å². The highest BCUT2D eigenvalue weighted by Gasteiger charge is 2.11. The topological polar surface area (TPSA) is 12.4 Å². The molecular weight excluding hydrogens is 218 g/mol. The zero-order valence-electron chi connectivity index (χ0n) is 10.7.